The predicted molar refractivity (Wildman–Crippen MR) is 61.0 cm³/mol. The molecule has 0 aromatic carbocycles. The zero-order chi connectivity index (χ0) is 7.82. The zero-order valence-electron chi connectivity index (χ0n) is 7.38. The summed E-state index contributed by atoms with van der Waals surface area (Å²) in [6.07, 6.45) is 2.13. The average Bonchev–Trinajstić information content (AvgIpc) is 1.99. The second-order valence-electron chi connectivity index (χ2n) is 2.36. The largest absolute Gasteiger partial charge is 0.330 e. The molecule has 0 saturated carbocycles. The highest BCUT2D eigenvalue weighted by molar-refractivity contribution is 6.18. The maximum absolute atomic E-state index is 5.65. The van der Waals surface area contributed by atoms with Crippen LogP contribution >= 0.6 is 36.4 Å². The lowest BCUT2D eigenvalue weighted by molar-refractivity contribution is 0.531. The Bertz CT molecular complexity index is 69.7. The van der Waals surface area contributed by atoms with Crippen molar-refractivity contribution >= 4 is 36.4 Å². The molecule has 0 saturated heterocycles. The Morgan fingerprint density at radius 1 is 1.42 bits per heavy atom. The molecule has 0 rings (SSSR count). The fraction of sp³-hybridized carbons (Fsp3) is 1.00. The van der Waals surface area contributed by atoms with Gasteiger partial charge in [-0.05, 0) is 25.9 Å². The number of nitrogens with two attached hydrogens (primary N) is 1. The highest BCUT2D eigenvalue weighted by atomic mass is 35.5. The molecule has 1 atom stereocenters. The standard InChI is InChI=1S/C7H17ClN2.2ClH/c1-2-7(6-8)10-5-3-4-9;;/h7,10H,2-6,9H2,1H3;2*1H. The van der Waals surface area contributed by atoms with Crippen LogP contribution < -0.4 is 11.1 Å². The van der Waals surface area contributed by atoms with Crippen molar-refractivity contribution in [3.05, 3.63) is 0 Å². The van der Waals surface area contributed by atoms with E-state index < -0.39 is 0 Å². The molecule has 0 spiro atoms. The molecule has 0 radical (unpaired) electrons. The van der Waals surface area contributed by atoms with Gasteiger partial charge in [0.2, 0.25) is 0 Å². The molecular formula is C7H19Cl3N2. The Kier molecular flexibility index (Phi) is 22.1. The minimum atomic E-state index is 0. The van der Waals surface area contributed by atoms with Crippen LogP contribution in [0.1, 0.15) is 19.8 Å². The predicted octanol–water partition coefficient (Wildman–Crippen LogP) is 1.79. The number of rotatable bonds is 6. The SMILES string of the molecule is CCC(CCl)NCCCN.Cl.Cl. The van der Waals surface area contributed by atoms with E-state index in [1.165, 1.54) is 0 Å². The topological polar surface area (TPSA) is 38.0 Å². The summed E-state index contributed by atoms with van der Waals surface area (Å²) in [6.45, 7) is 3.87. The van der Waals surface area contributed by atoms with E-state index in [0.29, 0.717) is 11.9 Å². The molecule has 0 aliphatic rings. The maximum Gasteiger partial charge on any atom is 0.0377 e. The summed E-state index contributed by atoms with van der Waals surface area (Å²) >= 11 is 5.65. The van der Waals surface area contributed by atoms with E-state index in [9.17, 15) is 0 Å². The van der Waals surface area contributed by atoms with Gasteiger partial charge in [-0.15, -0.1) is 36.4 Å². The Morgan fingerprint density at radius 3 is 2.33 bits per heavy atom. The monoisotopic (exact) mass is 236 g/mol. The van der Waals surface area contributed by atoms with Crippen LogP contribution in [0.3, 0.4) is 0 Å². The second-order valence-corrected chi connectivity index (χ2v) is 2.66. The smallest absolute Gasteiger partial charge is 0.0377 e. The van der Waals surface area contributed by atoms with Crippen LogP contribution in [0.4, 0.5) is 0 Å². The van der Waals surface area contributed by atoms with Crippen LogP contribution in [0.15, 0.2) is 0 Å². The molecule has 3 N–H and O–H groups in total. The van der Waals surface area contributed by atoms with Crippen molar-refractivity contribution in [1.29, 1.82) is 0 Å². The molecule has 0 aromatic rings. The van der Waals surface area contributed by atoms with E-state index in [2.05, 4.69) is 12.2 Å². The number of hydrogen-bond donors (Lipinski definition) is 2. The Labute approximate surface area is 92.4 Å². The Morgan fingerprint density at radius 2 is 2.00 bits per heavy atom. The molecule has 1 unspecified atom stereocenters. The first-order valence-corrected chi connectivity index (χ1v) is 4.38. The third-order valence-corrected chi connectivity index (χ3v) is 1.87. The molecule has 5 heteroatoms. The van der Waals surface area contributed by atoms with Crippen LogP contribution in [-0.2, 0) is 0 Å². The first kappa shape index (κ1) is 18.5. The Balaban J connectivity index is -0.000000405. The van der Waals surface area contributed by atoms with Gasteiger partial charge in [-0.1, -0.05) is 6.92 Å². The summed E-state index contributed by atoms with van der Waals surface area (Å²) < 4.78 is 0. The van der Waals surface area contributed by atoms with Gasteiger partial charge in [0.15, 0.2) is 0 Å². The molecule has 0 heterocycles. The highest BCUT2D eigenvalue weighted by Crippen LogP contribution is 1.92. The first-order chi connectivity index (χ1) is 4.85. The zero-order valence-corrected chi connectivity index (χ0v) is 9.77. The van der Waals surface area contributed by atoms with Crippen molar-refractivity contribution < 1.29 is 0 Å². The molecule has 0 amide bonds. The average molecular weight is 238 g/mol. The van der Waals surface area contributed by atoms with E-state index in [1.807, 2.05) is 0 Å². The van der Waals surface area contributed by atoms with Crippen molar-refractivity contribution in [2.75, 3.05) is 19.0 Å². The normalized spacial score (nSPS) is 11.2. The van der Waals surface area contributed by atoms with Crippen molar-refractivity contribution in [3.8, 4) is 0 Å². The van der Waals surface area contributed by atoms with Gasteiger partial charge >= 0.3 is 0 Å². The van der Waals surface area contributed by atoms with E-state index in [1.54, 1.807) is 0 Å². The quantitative estimate of drug-likeness (QED) is 0.546. The summed E-state index contributed by atoms with van der Waals surface area (Å²) in [5, 5.41) is 3.31. The lowest BCUT2D eigenvalue weighted by atomic mass is 10.2. The molecule has 0 aromatic heterocycles. The fourth-order valence-corrected chi connectivity index (χ4v) is 1.04. The Hall–Kier alpha value is 0.790. The van der Waals surface area contributed by atoms with Gasteiger partial charge in [0.25, 0.3) is 0 Å². The van der Waals surface area contributed by atoms with Gasteiger partial charge in [-0.2, -0.15) is 0 Å². The van der Waals surface area contributed by atoms with E-state index in [-0.39, 0.29) is 24.8 Å². The molecular weight excluding hydrogens is 218 g/mol. The van der Waals surface area contributed by atoms with Gasteiger partial charge in [-0.3, -0.25) is 0 Å². The number of alkyl halides is 1. The van der Waals surface area contributed by atoms with Crippen molar-refractivity contribution in [2.24, 2.45) is 5.73 Å². The van der Waals surface area contributed by atoms with Gasteiger partial charge in [-0.25, -0.2) is 0 Å². The first-order valence-electron chi connectivity index (χ1n) is 3.84. The molecule has 0 aliphatic carbocycles. The summed E-state index contributed by atoms with van der Waals surface area (Å²) in [7, 11) is 0. The van der Waals surface area contributed by atoms with Gasteiger partial charge in [0.05, 0.1) is 0 Å². The molecule has 78 valence electrons. The number of nitrogens with one attached hydrogen (secondary N) is 1. The van der Waals surface area contributed by atoms with E-state index in [0.717, 1.165) is 25.9 Å². The van der Waals surface area contributed by atoms with Crippen LogP contribution in [0.25, 0.3) is 0 Å². The van der Waals surface area contributed by atoms with Crippen LogP contribution in [0.5, 0.6) is 0 Å². The lowest BCUT2D eigenvalue weighted by Crippen LogP contribution is -2.31. The van der Waals surface area contributed by atoms with Crippen LogP contribution in [0.2, 0.25) is 0 Å². The second kappa shape index (κ2) is 14.3. The van der Waals surface area contributed by atoms with Crippen LogP contribution in [0, 0.1) is 0 Å². The number of hydrogen-bond acceptors (Lipinski definition) is 2. The van der Waals surface area contributed by atoms with Crippen LogP contribution in [-0.4, -0.2) is 25.0 Å². The summed E-state index contributed by atoms with van der Waals surface area (Å²) in [6, 6.07) is 0.466. The molecule has 0 aliphatic heterocycles. The minimum absolute atomic E-state index is 0. The number of halogens is 3. The highest BCUT2D eigenvalue weighted by Gasteiger charge is 2.00. The van der Waals surface area contributed by atoms with Gasteiger partial charge < -0.3 is 11.1 Å². The lowest BCUT2D eigenvalue weighted by Gasteiger charge is -2.12. The third-order valence-electron chi connectivity index (χ3n) is 1.49. The molecule has 12 heavy (non-hydrogen) atoms. The van der Waals surface area contributed by atoms with Crippen molar-refractivity contribution in [2.45, 2.75) is 25.8 Å². The third kappa shape index (κ3) is 10.8. The fourth-order valence-electron chi connectivity index (χ4n) is 0.716. The molecule has 2 nitrogen and oxygen atoms in total. The van der Waals surface area contributed by atoms with Gasteiger partial charge in [0.1, 0.15) is 0 Å². The summed E-state index contributed by atoms with van der Waals surface area (Å²) in [5.41, 5.74) is 5.32. The van der Waals surface area contributed by atoms with Crippen molar-refractivity contribution in [1.82, 2.24) is 5.32 Å². The molecule has 0 bridgehead atoms. The molecule has 0 fully saturated rings. The summed E-state index contributed by atoms with van der Waals surface area (Å²) in [4.78, 5) is 0. The maximum atomic E-state index is 5.65. The van der Waals surface area contributed by atoms with Gasteiger partial charge in [0, 0.05) is 11.9 Å². The summed E-state index contributed by atoms with van der Waals surface area (Å²) in [5.74, 6) is 0.696. The van der Waals surface area contributed by atoms with E-state index >= 15 is 0 Å². The van der Waals surface area contributed by atoms with Crippen molar-refractivity contribution in [3.63, 3.8) is 0 Å². The van der Waals surface area contributed by atoms with E-state index in [4.69, 9.17) is 17.3 Å². The minimum Gasteiger partial charge on any atom is -0.330 e.